The smallest absolute Gasteiger partial charge is 0.223 e. The van der Waals surface area contributed by atoms with Crippen molar-refractivity contribution in [3.8, 4) is 0 Å². The van der Waals surface area contributed by atoms with E-state index in [2.05, 4.69) is 0 Å². The van der Waals surface area contributed by atoms with Gasteiger partial charge in [0.1, 0.15) is 0 Å². The number of thioether (sulfide) groups is 1. The molecule has 2 rings (SSSR count). The molecule has 5 heteroatoms. The van der Waals surface area contributed by atoms with Gasteiger partial charge in [0.2, 0.25) is 5.91 Å². The summed E-state index contributed by atoms with van der Waals surface area (Å²) in [6.07, 6.45) is 3.15. The van der Waals surface area contributed by atoms with E-state index in [-0.39, 0.29) is 6.10 Å². The highest BCUT2D eigenvalue weighted by Crippen LogP contribution is 2.26. The molecule has 2 heterocycles. The Bertz CT molecular complexity index is 257. The molecule has 0 saturated carbocycles. The Balaban J connectivity index is 1.78. The molecule has 98 valence electrons. The minimum atomic E-state index is 0.0367. The predicted molar refractivity (Wildman–Crippen MR) is 70.0 cm³/mol. The summed E-state index contributed by atoms with van der Waals surface area (Å²) in [5.41, 5.74) is 5.58. The maximum absolute atomic E-state index is 12.2. The number of carbonyl (C=O) groups is 1. The Hall–Kier alpha value is -0.260. The van der Waals surface area contributed by atoms with Gasteiger partial charge in [-0.25, -0.2) is 0 Å². The Morgan fingerprint density at radius 1 is 1.41 bits per heavy atom. The molecule has 1 unspecified atom stereocenters. The van der Waals surface area contributed by atoms with E-state index in [9.17, 15) is 4.79 Å². The van der Waals surface area contributed by atoms with Crippen molar-refractivity contribution in [1.29, 1.82) is 0 Å². The minimum Gasteiger partial charge on any atom is -0.373 e. The van der Waals surface area contributed by atoms with E-state index < -0.39 is 0 Å². The molecule has 4 nitrogen and oxygen atoms in total. The maximum atomic E-state index is 12.2. The van der Waals surface area contributed by atoms with E-state index in [1.807, 2.05) is 16.7 Å². The first kappa shape index (κ1) is 13.2. The van der Waals surface area contributed by atoms with Gasteiger partial charge < -0.3 is 15.4 Å². The highest BCUT2D eigenvalue weighted by atomic mass is 32.2. The van der Waals surface area contributed by atoms with Gasteiger partial charge in [-0.3, -0.25) is 4.79 Å². The van der Waals surface area contributed by atoms with Gasteiger partial charge in [0.25, 0.3) is 0 Å². The lowest BCUT2D eigenvalue weighted by Gasteiger charge is -2.33. The molecule has 2 N–H and O–H groups in total. The number of hydrogen-bond acceptors (Lipinski definition) is 4. The number of nitrogens with two attached hydrogens (primary N) is 1. The number of nitrogens with zero attached hydrogens (tertiary/aromatic N) is 1. The summed E-state index contributed by atoms with van der Waals surface area (Å²) >= 11 is 2.00. The number of hydrogen-bond donors (Lipinski definition) is 1. The highest BCUT2D eigenvalue weighted by molar-refractivity contribution is 7.99. The standard InChI is InChI=1S/C12H22N2O2S/c13-8-11-9-14(3-4-16-11)12(15)7-10-1-5-17-6-2-10/h10-11H,1-9,13H2. The zero-order valence-corrected chi connectivity index (χ0v) is 11.1. The average Bonchev–Trinajstić information content (AvgIpc) is 2.40. The van der Waals surface area contributed by atoms with Crippen LogP contribution in [0.4, 0.5) is 0 Å². The third-order valence-electron chi connectivity index (χ3n) is 3.56. The van der Waals surface area contributed by atoms with Crippen LogP contribution in [0.2, 0.25) is 0 Å². The van der Waals surface area contributed by atoms with Crippen LogP contribution in [0.5, 0.6) is 0 Å². The number of rotatable bonds is 3. The Labute approximate surface area is 107 Å². The molecule has 2 saturated heterocycles. The second kappa shape index (κ2) is 6.61. The lowest BCUT2D eigenvalue weighted by molar-refractivity contribution is -0.139. The summed E-state index contributed by atoms with van der Waals surface area (Å²) in [5, 5.41) is 0. The fourth-order valence-electron chi connectivity index (χ4n) is 2.42. The molecule has 1 atom stereocenters. The first-order chi connectivity index (χ1) is 8.29. The fraction of sp³-hybridized carbons (Fsp3) is 0.917. The largest absolute Gasteiger partial charge is 0.373 e. The van der Waals surface area contributed by atoms with Crippen LogP contribution in [0.15, 0.2) is 0 Å². The quantitative estimate of drug-likeness (QED) is 0.810. The fourth-order valence-corrected chi connectivity index (χ4v) is 3.62. The van der Waals surface area contributed by atoms with Crippen molar-refractivity contribution in [3.05, 3.63) is 0 Å². The Morgan fingerprint density at radius 2 is 2.18 bits per heavy atom. The van der Waals surface area contributed by atoms with E-state index in [4.69, 9.17) is 10.5 Å². The van der Waals surface area contributed by atoms with Crippen molar-refractivity contribution in [3.63, 3.8) is 0 Å². The molecule has 2 fully saturated rings. The van der Waals surface area contributed by atoms with Gasteiger partial charge in [-0.15, -0.1) is 0 Å². The molecule has 0 aromatic carbocycles. The molecule has 0 spiro atoms. The molecule has 0 aromatic heterocycles. The summed E-state index contributed by atoms with van der Waals surface area (Å²) in [6, 6.07) is 0. The molecule has 0 aliphatic carbocycles. The van der Waals surface area contributed by atoms with E-state index in [1.54, 1.807) is 0 Å². The average molecular weight is 258 g/mol. The summed E-state index contributed by atoms with van der Waals surface area (Å²) in [4.78, 5) is 14.1. The second-order valence-corrected chi connectivity index (χ2v) is 6.05. The third-order valence-corrected chi connectivity index (χ3v) is 4.61. The summed E-state index contributed by atoms with van der Waals surface area (Å²) < 4.78 is 5.48. The van der Waals surface area contributed by atoms with Gasteiger partial charge in [0.15, 0.2) is 0 Å². The van der Waals surface area contributed by atoms with E-state index in [1.165, 1.54) is 24.3 Å². The van der Waals surface area contributed by atoms with Crippen molar-refractivity contribution in [2.75, 3.05) is 37.7 Å². The van der Waals surface area contributed by atoms with E-state index >= 15 is 0 Å². The van der Waals surface area contributed by atoms with Crippen molar-refractivity contribution in [1.82, 2.24) is 4.90 Å². The third kappa shape index (κ3) is 3.86. The van der Waals surface area contributed by atoms with Crippen molar-refractivity contribution in [2.24, 2.45) is 11.7 Å². The van der Waals surface area contributed by atoms with Crippen LogP contribution in [-0.2, 0) is 9.53 Å². The first-order valence-corrected chi connectivity index (χ1v) is 7.62. The lowest BCUT2D eigenvalue weighted by Crippen LogP contribution is -2.48. The molecular weight excluding hydrogens is 236 g/mol. The zero-order chi connectivity index (χ0) is 12.1. The van der Waals surface area contributed by atoms with Crippen molar-refractivity contribution >= 4 is 17.7 Å². The van der Waals surface area contributed by atoms with Gasteiger partial charge in [-0.2, -0.15) is 11.8 Å². The van der Waals surface area contributed by atoms with Crippen molar-refractivity contribution < 1.29 is 9.53 Å². The molecule has 2 aliphatic rings. The Morgan fingerprint density at radius 3 is 2.88 bits per heavy atom. The molecule has 1 amide bonds. The van der Waals surface area contributed by atoms with Gasteiger partial charge >= 0.3 is 0 Å². The predicted octanol–water partition coefficient (Wildman–Crippen LogP) is 0.706. The molecule has 17 heavy (non-hydrogen) atoms. The zero-order valence-electron chi connectivity index (χ0n) is 10.3. The number of carbonyl (C=O) groups excluding carboxylic acids is 1. The van der Waals surface area contributed by atoms with E-state index in [0.29, 0.717) is 31.5 Å². The number of morpholine rings is 1. The van der Waals surface area contributed by atoms with Gasteiger partial charge in [-0.1, -0.05) is 0 Å². The summed E-state index contributed by atoms with van der Waals surface area (Å²) in [5.74, 6) is 3.32. The van der Waals surface area contributed by atoms with Crippen LogP contribution >= 0.6 is 11.8 Å². The number of amides is 1. The number of ether oxygens (including phenoxy) is 1. The highest BCUT2D eigenvalue weighted by Gasteiger charge is 2.25. The molecular formula is C12H22N2O2S. The topological polar surface area (TPSA) is 55.6 Å². The second-order valence-electron chi connectivity index (χ2n) is 4.83. The van der Waals surface area contributed by atoms with Crippen LogP contribution in [-0.4, -0.2) is 54.7 Å². The molecule has 2 aliphatic heterocycles. The minimum absolute atomic E-state index is 0.0367. The maximum Gasteiger partial charge on any atom is 0.223 e. The van der Waals surface area contributed by atoms with Crippen LogP contribution < -0.4 is 5.73 Å². The lowest BCUT2D eigenvalue weighted by atomic mass is 9.98. The van der Waals surface area contributed by atoms with Crippen molar-refractivity contribution in [2.45, 2.75) is 25.4 Å². The first-order valence-electron chi connectivity index (χ1n) is 6.46. The van der Waals surface area contributed by atoms with Gasteiger partial charge in [0, 0.05) is 26.1 Å². The van der Waals surface area contributed by atoms with Crippen LogP contribution in [0, 0.1) is 5.92 Å². The molecule has 0 radical (unpaired) electrons. The molecule has 0 bridgehead atoms. The SMILES string of the molecule is NCC1CN(C(=O)CC2CCSCC2)CCO1. The monoisotopic (exact) mass is 258 g/mol. The van der Waals surface area contributed by atoms with Gasteiger partial charge in [0.05, 0.1) is 12.7 Å². The summed E-state index contributed by atoms with van der Waals surface area (Å²) in [6.45, 7) is 2.55. The Kier molecular flexibility index (Phi) is 5.13. The molecule has 0 aromatic rings. The van der Waals surface area contributed by atoms with E-state index in [0.717, 1.165) is 13.0 Å². The summed E-state index contributed by atoms with van der Waals surface area (Å²) in [7, 11) is 0. The van der Waals surface area contributed by atoms with Crippen LogP contribution in [0.3, 0.4) is 0 Å². The van der Waals surface area contributed by atoms with Crippen LogP contribution in [0.25, 0.3) is 0 Å². The normalized spacial score (nSPS) is 27.1. The van der Waals surface area contributed by atoms with Crippen LogP contribution in [0.1, 0.15) is 19.3 Å². The van der Waals surface area contributed by atoms with Gasteiger partial charge in [-0.05, 0) is 30.3 Å².